The molecule has 0 spiro atoms. The average Bonchev–Trinajstić information content (AvgIpc) is 3.31. The third-order valence-electron chi connectivity index (χ3n) is 6.96. The number of likely N-dealkylation sites (tertiary alicyclic amines) is 1. The minimum absolute atomic E-state index is 0.0463. The third-order valence-corrected chi connectivity index (χ3v) is 6.96. The summed E-state index contributed by atoms with van der Waals surface area (Å²) >= 11 is 0. The van der Waals surface area contributed by atoms with Crippen LogP contribution < -0.4 is 0 Å². The van der Waals surface area contributed by atoms with Crippen molar-refractivity contribution in [3.05, 3.63) is 88.8 Å². The van der Waals surface area contributed by atoms with E-state index in [0.717, 1.165) is 5.69 Å². The summed E-state index contributed by atoms with van der Waals surface area (Å²) in [4.78, 5) is 31.4. The molecule has 3 heterocycles. The molecule has 2 amide bonds. The Kier molecular flexibility index (Phi) is 5.33. The van der Waals surface area contributed by atoms with Crippen molar-refractivity contribution in [3.63, 3.8) is 0 Å². The number of aryl methyl sites for hydroxylation is 1. The fourth-order valence-electron chi connectivity index (χ4n) is 5.18. The van der Waals surface area contributed by atoms with E-state index < -0.39 is 0 Å². The zero-order valence-electron chi connectivity index (χ0n) is 19.6. The van der Waals surface area contributed by atoms with Gasteiger partial charge in [-0.25, -0.2) is 4.39 Å². The van der Waals surface area contributed by atoms with Gasteiger partial charge in [0.25, 0.3) is 0 Å². The highest BCUT2D eigenvalue weighted by atomic mass is 19.1. The molecule has 36 heavy (non-hydrogen) atoms. The molecule has 0 N–H and O–H groups in total. The van der Waals surface area contributed by atoms with Crippen molar-refractivity contribution < 1.29 is 14.0 Å². The van der Waals surface area contributed by atoms with Crippen LogP contribution in [0.1, 0.15) is 41.2 Å². The number of amides is 2. The Morgan fingerprint density at radius 2 is 1.75 bits per heavy atom. The van der Waals surface area contributed by atoms with Gasteiger partial charge in [0.05, 0.1) is 29.8 Å². The standard InChI is InChI=1S/C28H22FN5O2/c1-17-31-32-25-16-30-26(21-10-4-5-11-23(21)29)22-15-18(12-13-24(22)34(17)25)7-6-14-33-27(35)19-8-2-3-9-20(19)28(33)36/h2-5,10-13,15,19-20H,8-9,14,16H2,1H3. The molecular formula is C28H22FN5O2. The number of aromatic nitrogens is 3. The number of carbonyl (C=O) groups excluding carboxylic acids is 2. The summed E-state index contributed by atoms with van der Waals surface area (Å²) in [6.07, 6.45) is 5.14. The van der Waals surface area contributed by atoms with E-state index in [9.17, 15) is 14.0 Å². The van der Waals surface area contributed by atoms with Gasteiger partial charge in [-0.1, -0.05) is 36.1 Å². The molecule has 0 bridgehead atoms. The van der Waals surface area contributed by atoms with Crippen LogP contribution in [0.5, 0.6) is 0 Å². The Bertz CT molecular complexity index is 1510. The predicted octanol–water partition coefficient (Wildman–Crippen LogP) is 3.37. The van der Waals surface area contributed by atoms with E-state index in [0.29, 0.717) is 46.9 Å². The van der Waals surface area contributed by atoms with E-state index in [1.807, 2.05) is 41.8 Å². The smallest absolute Gasteiger partial charge is 0.234 e. The number of allylic oxidation sites excluding steroid dienone is 2. The SMILES string of the molecule is Cc1nnc2n1-c1ccc(C#CCN3C(=O)C4CC=CCC4C3=O)cc1C(c1ccccc1F)=NC2. The van der Waals surface area contributed by atoms with Crippen LogP contribution in [0.4, 0.5) is 4.39 Å². The van der Waals surface area contributed by atoms with Crippen molar-refractivity contribution in [2.75, 3.05) is 6.54 Å². The normalized spacial score (nSPS) is 20.2. The molecule has 2 unspecified atom stereocenters. The van der Waals surface area contributed by atoms with E-state index in [1.165, 1.54) is 11.0 Å². The predicted molar refractivity (Wildman–Crippen MR) is 131 cm³/mol. The van der Waals surface area contributed by atoms with Crippen LogP contribution in [0.2, 0.25) is 0 Å². The van der Waals surface area contributed by atoms with Crippen LogP contribution in [0.25, 0.3) is 5.69 Å². The maximum Gasteiger partial charge on any atom is 0.234 e. The highest BCUT2D eigenvalue weighted by molar-refractivity contribution is 6.15. The number of hydrogen-bond donors (Lipinski definition) is 0. The number of imide groups is 1. The zero-order valence-corrected chi connectivity index (χ0v) is 19.6. The van der Waals surface area contributed by atoms with Crippen molar-refractivity contribution in [2.24, 2.45) is 16.8 Å². The molecule has 1 saturated heterocycles. The summed E-state index contributed by atoms with van der Waals surface area (Å²) in [5, 5.41) is 8.42. The number of rotatable bonds is 2. The number of benzene rings is 2. The summed E-state index contributed by atoms with van der Waals surface area (Å²) in [6, 6.07) is 12.1. The van der Waals surface area contributed by atoms with Crippen LogP contribution in [0.3, 0.4) is 0 Å². The molecule has 1 fully saturated rings. The van der Waals surface area contributed by atoms with Gasteiger partial charge in [0, 0.05) is 16.7 Å². The van der Waals surface area contributed by atoms with E-state index in [4.69, 9.17) is 4.99 Å². The second-order valence-corrected chi connectivity index (χ2v) is 9.10. The Morgan fingerprint density at radius 3 is 2.50 bits per heavy atom. The van der Waals surface area contributed by atoms with Gasteiger partial charge in [0.1, 0.15) is 18.2 Å². The van der Waals surface area contributed by atoms with Crippen LogP contribution in [0.15, 0.2) is 59.6 Å². The first-order valence-corrected chi connectivity index (χ1v) is 11.9. The second-order valence-electron chi connectivity index (χ2n) is 9.10. The lowest BCUT2D eigenvalue weighted by molar-refractivity contribution is -0.139. The molecule has 2 aliphatic heterocycles. The summed E-state index contributed by atoms with van der Waals surface area (Å²) in [6.45, 7) is 2.17. The van der Waals surface area contributed by atoms with E-state index in [-0.39, 0.29) is 42.6 Å². The number of fused-ring (bicyclic) bond motifs is 4. The lowest BCUT2D eigenvalue weighted by atomic mass is 9.85. The number of carbonyl (C=O) groups is 2. The van der Waals surface area contributed by atoms with Crippen LogP contribution >= 0.6 is 0 Å². The van der Waals surface area contributed by atoms with Gasteiger partial charge in [-0.3, -0.25) is 24.0 Å². The Morgan fingerprint density at radius 1 is 1.00 bits per heavy atom. The number of halogens is 1. The van der Waals surface area contributed by atoms with Crippen molar-refractivity contribution in [3.8, 4) is 17.5 Å². The monoisotopic (exact) mass is 479 g/mol. The lowest BCUT2D eigenvalue weighted by Crippen LogP contribution is -2.31. The summed E-state index contributed by atoms with van der Waals surface area (Å²) < 4.78 is 16.7. The maximum atomic E-state index is 14.8. The number of hydrogen-bond acceptors (Lipinski definition) is 5. The number of aliphatic imine (C=N–C) groups is 1. The molecule has 0 radical (unpaired) electrons. The summed E-state index contributed by atoms with van der Waals surface area (Å²) in [7, 11) is 0. The van der Waals surface area contributed by atoms with Gasteiger partial charge < -0.3 is 0 Å². The average molecular weight is 480 g/mol. The molecule has 6 rings (SSSR count). The third kappa shape index (κ3) is 3.55. The summed E-state index contributed by atoms with van der Waals surface area (Å²) in [5.74, 6) is 6.27. The zero-order chi connectivity index (χ0) is 24.8. The van der Waals surface area contributed by atoms with Crippen LogP contribution in [-0.4, -0.2) is 43.7 Å². The minimum atomic E-state index is -0.366. The molecule has 3 aromatic rings. The van der Waals surface area contributed by atoms with E-state index in [2.05, 4.69) is 22.0 Å². The lowest BCUT2D eigenvalue weighted by Gasteiger charge is -2.14. The molecule has 2 aromatic carbocycles. The summed E-state index contributed by atoms with van der Waals surface area (Å²) in [5.41, 5.74) is 3.07. The van der Waals surface area contributed by atoms with Gasteiger partial charge in [-0.15, -0.1) is 10.2 Å². The van der Waals surface area contributed by atoms with Crippen molar-refractivity contribution in [2.45, 2.75) is 26.3 Å². The van der Waals surface area contributed by atoms with Crippen LogP contribution in [0, 0.1) is 36.4 Å². The first-order chi connectivity index (χ1) is 17.5. The fraction of sp³-hybridized carbons (Fsp3) is 0.250. The first-order valence-electron chi connectivity index (χ1n) is 11.9. The van der Waals surface area contributed by atoms with Crippen molar-refractivity contribution >= 4 is 17.5 Å². The minimum Gasteiger partial charge on any atom is -0.281 e. The van der Waals surface area contributed by atoms with Gasteiger partial charge in [-0.2, -0.15) is 0 Å². The molecule has 8 heteroatoms. The van der Waals surface area contributed by atoms with Crippen molar-refractivity contribution in [1.29, 1.82) is 0 Å². The Balaban J connectivity index is 1.36. The fourth-order valence-corrected chi connectivity index (χ4v) is 5.18. The van der Waals surface area contributed by atoms with Crippen molar-refractivity contribution in [1.82, 2.24) is 19.7 Å². The maximum absolute atomic E-state index is 14.8. The largest absolute Gasteiger partial charge is 0.281 e. The molecule has 1 aromatic heterocycles. The Hall–Kier alpha value is -4.38. The molecule has 0 saturated carbocycles. The second kappa shape index (κ2) is 8.68. The molecule has 2 atom stereocenters. The van der Waals surface area contributed by atoms with Gasteiger partial charge in [-0.05, 0) is 50.1 Å². The van der Waals surface area contributed by atoms with Gasteiger partial charge in [0.2, 0.25) is 11.8 Å². The van der Waals surface area contributed by atoms with Gasteiger partial charge in [0.15, 0.2) is 5.82 Å². The highest BCUT2D eigenvalue weighted by Gasteiger charge is 2.46. The van der Waals surface area contributed by atoms with Gasteiger partial charge >= 0.3 is 0 Å². The quantitative estimate of drug-likeness (QED) is 0.321. The highest BCUT2D eigenvalue weighted by Crippen LogP contribution is 2.34. The molecular weight excluding hydrogens is 457 g/mol. The molecule has 3 aliphatic rings. The number of nitrogens with zero attached hydrogens (tertiary/aromatic N) is 5. The molecule has 1 aliphatic carbocycles. The first kappa shape index (κ1) is 22.1. The topological polar surface area (TPSA) is 80.5 Å². The van der Waals surface area contributed by atoms with Crippen LogP contribution in [-0.2, 0) is 16.1 Å². The van der Waals surface area contributed by atoms with E-state index in [1.54, 1.807) is 18.2 Å². The Labute approximate surface area is 207 Å². The molecule has 178 valence electrons. The van der Waals surface area contributed by atoms with E-state index >= 15 is 0 Å². The molecule has 7 nitrogen and oxygen atoms in total.